The van der Waals surface area contributed by atoms with Crippen molar-refractivity contribution >= 4 is 17.5 Å². The Bertz CT molecular complexity index is 709. The second-order valence-electron chi connectivity index (χ2n) is 5.26. The summed E-state index contributed by atoms with van der Waals surface area (Å²) >= 11 is 5.93. The van der Waals surface area contributed by atoms with E-state index in [9.17, 15) is 18.7 Å². The van der Waals surface area contributed by atoms with Crippen molar-refractivity contribution in [1.29, 1.82) is 0 Å². The van der Waals surface area contributed by atoms with Crippen molar-refractivity contribution in [3.05, 3.63) is 70.2 Å². The molecule has 0 aliphatic heterocycles. The first kappa shape index (κ1) is 17.4. The summed E-state index contributed by atoms with van der Waals surface area (Å²) in [4.78, 5) is 13.5. The molecule has 1 amide bonds. The van der Waals surface area contributed by atoms with Crippen LogP contribution in [-0.4, -0.2) is 23.0 Å². The van der Waals surface area contributed by atoms with Crippen LogP contribution in [0, 0.1) is 11.6 Å². The number of aliphatic hydroxyl groups excluding tert-OH is 1. The molecule has 0 bridgehead atoms. The maximum absolute atomic E-state index is 13.1. The van der Waals surface area contributed by atoms with Gasteiger partial charge in [0.1, 0.15) is 11.6 Å². The first-order chi connectivity index (χ1) is 10.9. The summed E-state index contributed by atoms with van der Waals surface area (Å²) in [5, 5.41) is 10.3. The lowest BCUT2D eigenvalue weighted by Crippen LogP contribution is -2.27. The molecule has 1 unspecified atom stereocenters. The van der Waals surface area contributed by atoms with Crippen LogP contribution < -0.4 is 0 Å². The molecule has 0 fully saturated rings. The standard InChI is InChI=1S/C17H16ClF2NO2/c1-21(10-12-5-6-14(20)8-15(12)18)17(23)9-16(22)11-3-2-4-13(19)7-11/h2-8,16,22H,9-10H2,1H3. The van der Waals surface area contributed by atoms with Gasteiger partial charge in [0.05, 0.1) is 12.5 Å². The van der Waals surface area contributed by atoms with Gasteiger partial charge in [0.2, 0.25) is 5.91 Å². The number of carbonyl (C=O) groups excluding carboxylic acids is 1. The second kappa shape index (κ2) is 7.53. The van der Waals surface area contributed by atoms with E-state index in [4.69, 9.17) is 11.6 Å². The molecule has 0 aliphatic rings. The van der Waals surface area contributed by atoms with E-state index in [0.717, 1.165) is 0 Å². The summed E-state index contributed by atoms with van der Waals surface area (Å²) in [6, 6.07) is 9.43. The van der Waals surface area contributed by atoms with E-state index in [1.165, 1.54) is 41.3 Å². The summed E-state index contributed by atoms with van der Waals surface area (Å²) in [5.74, 6) is -1.25. The molecule has 0 heterocycles. The third-order valence-electron chi connectivity index (χ3n) is 3.45. The molecule has 2 aromatic rings. The Kier molecular flexibility index (Phi) is 5.69. The summed E-state index contributed by atoms with van der Waals surface area (Å²) in [6.07, 6.45) is -1.27. The van der Waals surface area contributed by atoms with Crippen molar-refractivity contribution in [2.24, 2.45) is 0 Å². The van der Waals surface area contributed by atoms with Gasteiger partial charge in [0.25, 0.3) is 0 Å². The van der Waals surface area contributed by atoms with Crippen molar-refractivity contribution in [3.8, 4) is 0 Å². The maximum atomic E-state index is 13.1. The summed E-state index contributed by atoms with van der Waals surface area (Å²) in [7, 11) is 1.56. The van der Waals surface area contributed by atoms with Crippen LogP contribution in [0.15, 0.2) is 42.5 Å². The van der Waals surface area contributed by atoms with Crippen LogP contribution in [0.25, 0.3) is 0 Å². The van der Waals surface area contributed by atoms with Crippen LogP contribution >= 0.6 is 11.6 Å². The minimum atomic E-state index is -1.09. The lowest BCUT2D eigenvalue weighted by molar-refractivity contribution is -0.132. The normalized spacial score (nSPS) is 12.0. The number of hydrogen-bond donors (Lipinski definition) is 1. The lowest BCUT2D eigenvalue weighted by atomic mass is 10.1. The van der Waals surface area contributed by atoms with E-state index in [0.29, 0.717) is 11.1 Å². The fraction of sp³-hybridized carbons (Fsp3) is 0.235. The van der Waals surface area contributed by atoms with Gasteiger partial charge in [-0.15, -0.1) is 0 Å². The van der Waals surface area contributed by atoms with E-state index in [2.05, 4.69) is 0 Å². The molecular formula is C17H16ClF2NO2. The van der Waals surface area contributed by atoms with E-state index < -0.39 is 17.7 Å². The molecule has 1 N–H and O–H groups in total. The molecule has 0 saturated carbocycles. The number of benzene rings is 2. The molecule has 122 valence electrons. The Morgan fingerprint density at radius 2 is 1.91 bits per heavy atom. The predicted octanol–water partition coefficient (Wildman–Crippen LogP) is 3.70. The highest BCUT2D eigenvalue weighted by Gasteiger charge is 2.17. The van der Waals surface area contributed by atoms with E-state index in [1.54, 1.807) is 13.1 Å². The fourth-order valence-corrected chi connectivity index (χ4v) is 2.37. The SMILES string of the molecule is CN(Cc1ccc(F)cc1Cl)C(=O)CC(O)c1cccc(F)c1. The van der Waals surface area contributed by atoms with Gasteiger partial charge in [-0.05, 0) is 35.4 Å². The quantitative estimate of drug-likeness (QED) is 0.902. The minimum Gasteiger partial charge on any atom is -0.388 e. The van der Waals surface area contributed by atoms with Gasteiger partial charge in [-0.3, -0.25) is 4.79 Å². The van der Waals surface area contributed by atoms with Crippen LogP contribution in [0.5, 0.6) is 0 Å². The predicted molar refractivity (Wildman–Crippen MR) is 83.9 cm³/mol. The Labute approximate surface area is 138 Å². The van der Waals surface area contributed by atoms with Gasteiger partial charge < -0.3 is 10.0 Å². The van der Waals surface area contributed by atoms with Gasteiger partial charge in [-0.25, -0.2) is 8.78 Å². The molecule has 2 aromatic carbocycles. The number of amides is 1. The Hall–Kier alpha value is -1.98. The van der Waals surface area contributed by atoms with Gasteiger partial charge in [0.15, 0.2) is 0 Å². The highest BCUT2D eigenvalue weighted by Crippen LogP contribution is 2.21. The molecule has 0 aliphatic carbocycles. The summed E-state index contributed by atoms with van der Waals surface area (Å²) in [6.45, 7) is 0.188. The maximum Gasteiger partial charge on any atom is 0.225 e. The zero-order valence-electron chi connectivity index (χ0n) is 12.5. The highest BCUT2D eigenvalue weighted by atomic mass is 35.5. The number of aliphatic hydroxyl groups is 1. The Morgan fingerprint density at radius 3 is 2.57 bits per heavy atom. The Balaban J connectivity index is 1.99. The molecule has 0 spiro atoms. The first-order valence-corrected chi connectivity index (χ1v) is 7.36. The molecule has 0 aromatic heterocycles. The van der Waals surface area contributed by atoms with Crippen LogP contribution in [0.1, 0.15) is 23.7 Å². The zero-order chi connectivity index (χ0) is 17.0. The minimum absolute atomic E-state index is 0.182. The first-order valence-electron chi connectivity index (χ1n) is 6.98. The van der Waals surface area contributed by atoms with Crippen molar-refractivity contribution in [2.45, 2.75) is 19.1 Å². The molecule has 0 radical (unpaired) electrons. The van der Waals surface area contributed by atoms with Gasteiger partial charge in [-0.2, -0.15) is 0 Å². The van der Waals surface area contributed by atoms with Gasteiger partial charge >= 0.3 is 0 Å². The Morgan fingerprint density at radius 1 is 1.22 bits per heavy atom. The van der Waals surface area contributed by atoms with Crippen LogP contribution in [-0.2, 0) is 11.3 Å². The summed E-state index contributed by atoms with van der Waals surface area (Å²) < 4.78 is 26.1. The lowest BCUT2D eigenvalue weighted by Gasteiger charge is -2.20. The molecule has 2 rings (SSSR count). The number of halogens is 3. The van der Waals surface area contributed by atoms with Crippen LogP contribution in [0.3, 0.4) is 0 Å². The highest BCUT2D eigenvalue weighted by molar-refractivity contribution is 6.31. The van der Waals surface area contributed by atoms with Crippen molar-refractivity contribution in [3.63, 3.8) is 0 Å². The number of nitrogens with zero attached hydrogens (tertiary/aromatic N) is 1. The third kappa shape index (κ3) is 4.74. The largest absolute Gasteiger partial charge is 0.388 e. The number of hydrogen-bond acceptors (Lipinski definition) is 2. The van der Waals surface area contributed by atoms with Crippen molar-refractivity contribution in [2.75, 3.05) is 7.05 Å². The average molecular weight is 340 g/mol. The van der Waals surface area contributed by atoms with E-state index in [1.807, 2.05) is 0 Å². The molecule has 0 saturated heterocycles. The molecule has 1 atom stereocenters. The number of carbonyl (C=O) groups is 1. The summed E-state index contributed by atoms with van der Waals surface area (Å²) in [5.41, 5.74) is 0.940. The molecular weight excluding hydrogens is 324 g/mol. The molecule has 6 heteroatoms. The second-order valence-corrected chi connectivity index (χ2v) is 5.67. The monoisotopic (exact) mass is 339 g/mol. The van der Waals surface area contributed by atoms with Crippen LogP contribution in [0.2, 0.25) is 5.02 Å². The van der Waals surface area contributed by atoms with Crippen molar-refractivity contribution in [1.82, 2.24) is 4.90 Å². The van der Waals surface area contributed by atoms with Gasteiger partial charge in [-0.1, -0.05) is 29.8 Å². The number of rotatable bonds is 5. The van der Waals surface area contributed by atoms with Crippen molar-refractivity contribution < 1.29 is 18.7 Å². The van der Waals surface area contributed by atoms with E-state index in [-0.39, 0.29) is 23.9 Å². The average Bonchev–Trinajstić information content (AvgIpc) is 2.49. The van der Waals surface area contributed by atoms with E-state index >= 15 is 0 Å². The topological polar surface area (TPSA) is 40.5 Å². The molecule has 3 nitrogen and oxygen atoms in total. The zero-order valence-corrected chi connectivity index (χ0v) is 13.2. The third-order valence-corrected chi connectivity index (χ3v) is 3.80. The molecule has 23 heavy (non-hydrogen) atoms. The smallest absolute Gasteiger partial charge is 0.225 e. The van der Waals surface area contributed by atoms with Crippen LogP contribution in [0.4, 0.5) is 8.78 Å². The van der Waals surface area contributed by atoms with Gasteiger partial charge in [0, 0.05) is 18.6 Å². The fourth-order valence-electron chi connectivity index (χ4n) is 2.15.